The summed E-state index contributed by atoms with van der Waals surface area (Å²) in [6.45, 7) is 6.23. The molecule has 168 valence electrons. The standard InChI is InChI=1S/C27H25NO5/c1-16-10-18(3)20(11-17(16)2)23(29)13-27(31)21-6-4-5-7-22(21)28(26(27)30)14-19-8-9-24-25(12-19)33-15-32-24/h4-12,31H,13-15H2,1-3H3. The molecule has 0 saturated carbocycles. The van der Waals surface area contributed by atoms with Gasteiger partial charge in [-0.2, -0.15) is 0 Å². The van der Waals surface area contributed by atoms with Crippen LogP contribution in [0.1, 0.15) is 44.6 Å². The van der Waals surface area contributed by atoms with Crippen LogP contribution in [0.15, 0.2) is 54.6 Å². The maximum Gasteiger partial charge on any atom is 0.264 e. The van der Waals surface area contributed by atoms with E-state index in [2.05, 4.69) is 0 Å². The van der Waals surface area contributed by atoms with E-state index in [0.717, 1.165) is 22.3 Å². The number of aryl methyl sites for hydroxylation is 3. The smallest absolute Gasteiger partial charge is 0.264 e. The number of aliphatic hydroxyl groups is 1. The zero-order valence-electron chi connectivity index (χ0n) is 18.8. The van der Waals surface area contributed by atoms with Crippen LogP contribution in [0.3, 0.4) is 0 Å². The molecule has 33 heavy (non-hydrogen) atoms. The zero-order valence-corrected chi connectivity index (χ0v) is 18.8. The van der Waals surface area contributed by atoms with Crippen molar-refractivity contribution >= 4 is 17.4 Å². The van der Waals surface area contributed by atoms with Crippen LogP contribution in [0, 0.1) is 20.8 Å². The van der Waals surface area contributed by atoms with Gasteiger partial charge in [-0.05, 0) is 67.3 Å². The average molecular weight is 443 g/mol. The molecule has 0 aromatic heterocycles. The number of fused-ring (bicyclic) bond motifs is 2. The van der Waals surface area contributed by atoms with Crippen molar-refractivity contribution in [2.75, 3.05) is 11.7 Å². The first-order valence-corrected chi connectivity index (χ1v) is 10.9. The number of nitrogens with zero attached hydrogens (tertiary/aromatic N) is 1. The van der Waals surface area contributed by atoms with Crippen LogP contribution in [0.5, 0.6) is 11.5 Å². The molecule has 1 atom stereocenters. The molecule has 5 rings (SSSR count). The third-order valence-corrected chi connectivity index (χ3v) is 6.57. The Balaban J connectivity index is 1.48. The second kappa shape index (κ2) is 7.74. The third-order valence-electron chi connectivity index (χ3n) is 6.57. The van der Waals surface area contributed by atoms with Gasteiger partial charge in [-0.15, -0.1) is 0 Å². The van der Waals surface area contributed by atoms with Gasteiger partial charge in [0, 0.05) is 11.1 Å². The molecule has 6 heteroatoms. The van der Waals surface area contributed by atoms with Gasteiger partial charge in [0.05, 0.1) is 18.7 Å². The number of carbonyl (C=O) groups is 2. The Hall–Kier alpha value is -3.64. The molecular formula is C27H25NO5. The molecule has 0 saturated heterocycles. The van der Waals surface area contributed by atoms with Crippen LogP contribution in [0.2, 0.25) is 0 Å². The molecule has 3 aromatic carbocycles. The van der Waals surface area contributed by atoms with Crippen molar-refractivity contribution in [3.63, 3.8) is 0 Å². The van der Waals surface area contributed by atoms with E-state index in [1.54, 1.807) is 18.2 Å². The summed E-state index contributed by atoms with van der Waals surface area (Å²) in [7, 11) is 0. The highest BCUT2D eigenvalue weighted by atomic mass is 16.7. The van der Waals surface area contributed by atoms with E-state index in [-0.39, 0.29) is 25.5 Å². The molecule has 2 heterocycles. The highest BCUT2D eigenvalue weighted by Gasteiger charge is 2.50. The molecule has 1 amide bonds. The van der Waals surface area contributed by atoms with Gasteiger partial charge in [0.1, 0.15) is 0 Å². The van der Waals surface area contributed by atoms with Crippen LogP contribution < -0.4 is 14.4 Å². The summed E-state index contributed by atoms with van der Waals surface area (Å²) >= 11 is 0. The number of anilines is 1. The minimum atomic E-state index is -1.92. The number of benzene rings is 3. The molecular weight excluding hydrogens is 418 g/mol. The molecule has 0 fully saturated rings. The van der Waals surface area contributed by atoms with Crippen molar-refractivity contribution in [1.82, 2.24) is 0 Å². The molecule has 2 aliphatic rings. The van der Waals surface area contributed by atoms with Crippen LogP contribution >= 0.6 is 0 Å². The summed E-state index contributed by atoms with van der Waals surface area (Å²) in [6.07, 6.45) is -0.316. The van der Waals surface area contributed by atoms with E-state index in [4.69, 9.17) is 9.47 Å². The topological polar surface area (TPSA) is 76.1 Å². The molecule has 0 aliphatic carbocycles. The van der Waals surface area contributed by atoms with Crippen molar-refractivity contribution in [3.05, 3.63) is 88.0 Å². The summed E-state index contributed by atoms with van der Waals surface area (Å²) in [5.74, 6) is 0.531. The number of rotatable bonds is 5. The Kier molecular flexibility index (Phi) is 4.98. The quantitative estimate of drug-likeness (QED) is 0.594. The van der Waals surface area contributed by atoms with E-state index in [0.29, 0.717) is 28.3 Å². The summed E-state index contributed by atoms with van der Waals surface area (Å²) in [5.41, 5.74) is 3.43. The Morgan fingerprint density at radius 3 is 2.52 bits per heavy atom. The van der Waals surface area contributed by atoms with E-state index >= 15 is 0 Å². The van der Waals surface area contributed by atoms with E-state index in [1.807, 2.05) is 57.2 Å². The van der Waals surface area contributed by atoms with E-state index < -0.39 is 11.5 Å². The number of hydrogen-bond acceptors (Lipinski definition) is 5. The zero-order chi connectivity index (χ0) is 23.3. The van der Waals surface area contributed by atoms with Gasteiger partial charge in [0.25, 0.3) is 5.91 Å². The molecule has 0 spiro atoms. The second-order valence-electron chi connectivity index (χ2n) is 8.81. The Labute approximate surface area is 192 Å². The number of ether oxygens (including phenoxy) is 2. The Morgan fingerprint density at radius 1 is 0.970 bits per heavy atom. The number of ketones is 1. The predicted octanol–water partition coefficient (Wildman–Crippen LogP) is 4.35. The van der Waals surface area contributed by atoms with E-state index in [1.165, 1.54) is 4.90 Å². The summed E-state index contributed by atoms with van der Waals surface area (Å²) in [5, 5.41) is 11.6. The number of amides is 1. The van der Waals surface area contributed by atoms with Gasteiger partial charge in [-0.1, -0.05) is 30.3 Å². The Morgan fingerprint density at radius 2 is 1.70 bits per heavy atom. The normalized spacial score (nSPS) is 18.5. The third kappa shape index (κ3) is 3.47. The Bertz CT molecular complexity index is 1300. The van der Waals surface area contributed by atoms with Crippen LogP contribution in [-0.2, 0) is 16.9 Å². The predicted molar refractivity (Wildman–Crippen MR) is 124 cm³/mol. The van der Waals surface area contributed by atoms with Crippen molar-refractivity contribution in [2.24, 2.45) is 0 Å². The lowest BCUT2D eigenvalue weighted by Gasteiger charge is -2.23. The maximum atomic E-state index is 13.6. The van der Waals surface area contributed by atoms with Crippen molar-refractivity contribution < 1.29 is 24.2 Å². The first-order chi connectivity index (χ1) is 15.8. The van der Waals surface area contributed by atoms with Crippen molar-refractivity contribution in [2.45, 2.75) is 39.3 Å². The number of para-hydroxylation sites is 1. The van der Waals surface area contributed by atoms with Crippen LogP contribution in [0.4, 0.5) is 5.69 Å². The molecule has 2 aliphatic heterocycles. The first kappa shape index (κ1) is 21.2. The van der Waals surface area contributed by atoms with Gasteiger partial charge in [-0.3, -0.25) is 9.59 Å². The second-order valence-corrected chi connectivity index (χ2v) is 8.81. The monoisotopic (exact) mass is 443 g/mol. The van der Waals surface area contributed by atoms with Gasteiger partial charge in [0.15, 0.2) is 22.9 Å². The molecule has 6 nitrogen and oxygen atoms in total. The number of Topliss-reactive ketones (excluding diaryl/α,β-unsaturated/α-hetero) is 1. The summed E-state index contributed by atoms with van der Waals surface area (Å²) in [6, 6.07) is 16.4. The minimum Gasteiger partial charge on any atom is -0.454 e. The average Bonchev–Trinajstić information content (AvgIpc) is 3.34. The molecule has 0 radical (unpaired) electrons. The van der Waals surface area contributed by atoms with Gasteiger partial charge in [-0.25, -0.2) is 0 Å². The fourth-order valence-corrected chi connectivity index (χ4v) is 4.64. The van der Waals surface area contributed by atoms with Crippen molar-refractivity contribution in [1.29, 1.82) is 0 Å². The SMILES string of the molecule is Cc1cc(C)c(C(=O)CC2(O)C(=O)N(Cc3ccc4c(c3)OCO4)c3ccccc32)cc1C. The van der Waals surface area contributed by atoms with Gasteiger partial charge >= 0.3 is 0 Å². The first-order valence-electron chi connectivity index (χ1n) is 10.9. The van der Waals surface area contributed by atoms with Gasteiger partial charge in [0.2, 0.25) is 6.79 Å². The van der Waals surface area contributed by atoms with Crippen molar-refractivity contribution in [3.8, 4) is 11.5 Å². The molecule has 0 bridgehead atoms. The minimum absolute atomic E-state index is 0.171. The van der Waals surface area contributed by atoms with Crippen LogP contribution in [0.25, 0.3) is 0 Å². The largest absolute Gasteiger partial charge is 0.454 e. The molecule has 1 N–H and O–H groups in total. The maximum absolute atomic E-state index is 13.6. The summed E-state index contributed by atoms with van der Waals surface area (Å²) < 4.78 is 10.8. The lowest BCUT2D eigenvalue weighted by molar-refractivity contribution is -0.136. The fraction of sp³-hybridized carbons (Fsp3) is 0.259. The highest BCUT2D eigenvalue weighted by molar-refractivity contribution is 6.11. The number of hydrogen-bond donors (Lipinski definition) is 1. The van der Waals surface area contributed by atoms with Crippen LogP contribution in [-0.4, -0.2) is 23.6 Å². The van der Waals surface area contributed by atoms with E-state index in [9.17, 15) is 14.7 Å². The summed E-state index contributed by atoms with van der Waals surface area (Å²) in [4.78, 5) is 28.4. The lowest BCUT2D eigenvalue weighted by atomic mass is 9.86. The molecule has 3 aromatic rings. The lowest BCUT2D eigenvalue weighted by Crippen LogP contribution is -2.41. The molecule has 1 unspecified atom stereocenters. The van der Waals surface area contributed by atoms with Gasteiger partial charge < -0.3 is 19.5 Å². The number of carbonyl (C=O) groups excluding carboxylic acids is 2. The fourth-order valence-electron chi connectivity index (χ4n) is 4.64. The highest BCUT2D eigenvalue weighted by Crippen LogP contribution is 2.44.